The lowest BCUT2D eigenvalue weighted by Crippen LogP contribution is -2.29. The predicted molar refractivity (Wildman–Crippen MR) is 158 cm³/mol. The molecule has 0 radical (unpaired) electrons. The summed E-state index contributed by atoms with van der Waals surface area (Å²) in [5.74, 6) is -0.133. The monoisotopic (exact) mass is 573 g/mol. The molecule has 0 unspecified atom stereocenters. The van der Waals surface area contributed by atoms with E-state index >= 15 is 0 Å². The molecule has 0 fully saturated rings. The minimum Gasteiger partial charge on any atom is -0.352 e. The molecule has 5 aromatic rings. The number of hydrogen-bond donors (Lipinski definition) is 3. The summed E-state index contributed by atoms with van der Waals surface area (Å²) in [6.45, 7) is 0.458. The van der Waals surface area contributed by atoms with Crippen molar-refractivity contribution in [3.8, 4) is 11.3 Å². The lowest BCUT2D eigenvalue weighted by atomic mass is 10.1. The fourth-order valence-electron chi connectivity index (χ4n) is 4.48. The maximum atomic E-state index is 13.5. The van der Waals surface area contributed by atoms with E-state index < -0.39 is 0 Å². The Labute approximate surface area is 239 Å². The first-order valence-corrected chi connectivity index (χ1v) is 15.0. The molecule has 3 aromatic carbocycles. The van der Waals surface area contributed by atoms with E-state index in [9.17, 15) is 14.0 Å². The number of benzene rings is 3. The lowest BCUT2D eigenvalue weighted by Gasteiger charge is -2.16. The summed E-state index contributed by atoms with van der Waals surface area (Å²) in [5, 5.41) is 8.31. The van der Waals surface area contributed by atoms with Crippen LogP contribution < -0.4 is 10.6 Å². The van der Waals surface area contributed by atoms with Crippen molar-refractivity contribution in [2.24, 2.45) is 0 Å². The third-order valence-electron chi connectivity index (χ3n) is 6.56. The number of amides is 2. The summed E-state index contributed by atoms with van der Waals surface area (Å²) in [4.78, 5) is 38.6. The van der Waals surface area contributed by atoms with Crippen molar-refractivity contribution in [1.82, 2.24) is 25.6 Å². The van der Waals surface area contributed by atoms with Gasteiger partial charge in [0.05, 0.1) is 35.2 Å². The number of rotatable bonds is 11. The summed E-state index contributed by atoms with van der Waals surface area (Å²) < 4.78 is 13.5. The van der Waals surface area contributed by atoms with Crippen LogP contribution in [0.1, 0.15) is 51.2 Å². The summed E-state index contributed by atoms with van der Waals surface area (Å²) in [6, 6.07) is 18.2. The van der Waals surface area contributed by atoms with Crippen LogP contribution in [0.3, 0.4) is 0 Å². The summed E-state index contributed by atoms with van der Waals surface area (Å²) in [5.41, 5.74) is 3.97. The second kappa shape index (κ2) is 12.9. The van der Waals surface area contributed by atoms with Crippen LogP contribution in [-0.2, 0) is 0 Å². The highest BCUT2D eigenvalue weighted by atomic mass is 32.2. The molecule has 3 N–H and O–H groups in total. The number of carbonyl (C=O) groups excluding carboxylic acids is 2. The molecule has 0 aliphatic rings. The highest BCUT2D eigenvalue weighted by Crippen LogP contribution is 2.26. The fourth-order valence-corrected chi connectivity index (χ4v) is 5.61. The Bertz CT molecular complexity index is 1620. The second-order valence-corrected chi connectivity index (χ2v) is 11.0. The summed E-state index contributed by atoms with van der Waals surface area (Å²) >= 11 is 2.62. The SMILES string of the molecule is CSc1cc(F)ccc1C(=O)NCCCC[C@H](NC(=O)c1cncs1)c1ncc(-c2ccc3ccccc3c2)[nH]1. The van der Waals surface area contributed by atoms with Crippen molar-refractivity contribution >= 4 is 45.7 Å². The molecule has 5 rings (SSSR count). The Morgan fingerprint density at radius 1 is 1.02 bits per heavy atom. The van der Waals surface area contributed by atoms with Gasteiger partial charge in [0.1, 0.15) is 16.5 Å². The molecule has 2 amide bonds. The number of halogens is 1. The van der Waals surface area contributed by atoms with Gasteiger partial charge in [0.2, 0.25) is 0 Å². The van der Waals surface area contributed by atoms with Crippen LogP contribution in [0.15, 0.2) is 83.5 Å². The zero-order valence-corrected chi connectivity index (χ0v) is 23.4. The summed E-state index contributed by atoms with van der Waals surface area (Å²) in [6.07, 6.45) is 7.21. The van der Waals surface area contributed by atoms with Crippen LogP contribution in [-0.4, -0.2) is 39.6 Å². The number of nitrogens with one attached hydrogen (secondary N) is 3. The van der Waals surface area contributed by atoms with Crippen LogP contribution in [0.25, 0.3) is 22.0 Å². The number of H-pyrrole nitrogens is 1. The van der Waals surface area contributed by atoms with Gasteiger partial charge in [-0.25, -0.2) is 9.37 Å². The molecule has 2 heterocycles. The van der Waals surface area contributed by atoms with Gasteiger partial charge in [0, 0.05) is 17.0 Å². The van der Waals surface area contributed by atoms with E-state index in [4.69, 9.17) is 0 Å². The number of hydrogen-bond acceptors (Lipinski definition) is 6. The van der Waals surface area contributed by atoms with E-state index in [0.29, 0.717) is 40.5 Å². The van der Waals surface area contributed by atoms with Gasteiger partial charge in [-0.3, -0.25) is 14.6 Å². The minimum absolute atomic E-state index is 0.203. The Hall–Kier alpha value is -4.02. The first-order valence-electron chi connectivity index (χ1n) is 12.9. The first kappa shape index (κ1) is 27.5. The van der Waals surface area contributed by atoms with Crippen LogP contribution in [0, 0.1) is 5.82 Å². The second-order valence-electron chi connectivity index (χ2n) is 9.23. The normalized spacial score (nSPS) is 11.8. The summed E-state index contributed by atoms with van der Waals surface area (Å²) in [7, 11) is 0. The van der Waals surface area contributed by atoms with Crippen LogP contribution >= 0.6 is 23.1 Å². The van der Waals surface area contributed by atoms with Gasteiger partial charge >= 0.3 is 0 Å². The molecule has 40 heavy (non-hydrogen) atoms. The molecule has 10 heteroatoms. The quantitative estimate of drug-likeness (QED) is 0.122. The zero-order valence-electron chi connectivity index (χ0n) is 21.8. The van der Waals surface area contributed by atoms with Gasteiger partial charge in [-0.2, -0.15) is 0 Å². The number of carbonyl (C=O) groups is 2. The highest BCUT2D eigenvalue weighted by molar-refractivity contribution is 7.98. The third-order valence-corrected chi connectivity index (χ3v) is 8.11. The maximum Gasteiger partial charge on any atom is 0.263 e. The molecule has 0 saturated heterocycles. The molecule has 204 valence electrons. The molecular formula is C30H28FN5O2S2. The fraction of sp³-hybridized carbons (Fsp3) is 0.200. The number of aromatic amines is 1. The number of fused-ring (bicyclic) bond motifs is 1. The minimum atomic E-state index is -0.367. The van der Waals surface area contributed by atoms with E-state index in [1.54, 1.807) is 17.9 Å². The zero-order chi connectivity index (χ0) is 27.9. The van der Waals surface area contributed by atoms with Gasteiger partial charge in [-0.15, -0.1) is 23.1 Å². The maximum absolute atomic E-state index is 13.5. The van der Waals surface area contributed by atoms with Crippen molar-refractivity contribution in [1.29, 1.82) is 0 Å². The van der Waals surface area contributed by atoms with E-state index in [2.05, 4.69) is 55.9 Å². The Balaban J connectivity index is 1.24. The first-order chi connectivity index (χ1) is 19.5. The molecule has 2 aromatic heterocycles. The molecule has 0 spiro atoms. The van der Waals surface area contributed by atoms with E-state index in [0.717, 1.165) is 28.5 Å². The van der Waals surface area contributed by atoms with Crippen LogP contribution in [0.5, 0.6) is 0 Å². The van der Waals surface area contributed by atoms with E-state index in [1.165, 1.54) is 41.3 Å². The molecular weight excluding hydrogens is 545 g/mol. The number of imidazole rings is 1. The number of unbranched alkanes of at least 4 members (excludes halogenated alkanes) is 1. The topological polar surface area (TPSA) is 99.8 Å². The number of thioether (sulfide) groups is 1. The van der Waals surface area contributed by atoms with E-state index in [1.807, 2.05) is 18.4 Å². The molecule has 0 saturated carbocycles. The van der Waals surface area contributed by atoms with Crippen LogP contribution in [0.2, 0.25) is 0 Å². The third kappa shape index (κ3) is 6.57. The van der Waals surface area contributed by atoms with Crippen molar-refractivity contribution < 1.29 is 14.0 Å². The van der Waals surface area contributed by atoms with E-state index in [-0.39, 0.29) is 23.7 Å². The highest BCUT2D eigenvalue weighted by Gasteiger charge is 2.20. The lowest BCUT2D eigenvalue weighted by molar-refractivity contribution is 0.0935. The van der Waals surface area contributed by atoms with Crippen molar-refractivity contribution in [3.05, 3.63) is 101 Å². The standard InChI is InChI=1S/C30H28FN5O2S2/c1-39-26-15-22(31)11-12-23(26)29(37)33-13-5-4-8-24(36-30(38)27-17-32-18-40-27)28-34-16-25(35-28)21-10-9-19-6-2-3-7-20(19)14-21/h2-3,6-7,9-12,14-18,24H,4-5,8,13H2,1H3,(H,33,37)(H,34,35)(H,36,38)/t24-/m0/s1. The van der Waals surface area contributed by atoms with Crippen molar-refractivity contribution in [2.45, 2.75) is 30.2 Å². The van der Waals surface area contributed by atoms with Crippen molar-refractivity contribution in [2.75, 3.05) is 12.8 Å². The predicted octanol–water partition coefficient (Wildman–Crippen LogP) is 6.62. The average molecular weight is 574 g/mol. The molecule has 0 aliphatic heterocycles. The Morgan fingerprint density at radius 3 is 2.67 bits per heavy atom. The van der Waals surface area contributed by atoms with Gasteiger partial charge in [-0.1, -0.05) is 36.4 Å². The largest absolute Gasteiger partial charge is 0.352 e. The smallest absolute Gasteiger partial charge is 0.263 e. The van der Waals surface area contributed by atoms with Gasteiger partial charge in [0.15, 0.2) is 0 Å². The average Bonchev–Trinajstić information content (AvgIpc) is 3.69. The molecule has 7 nitrogen and oxygen atoms in total. The number of thiazole rings is 1. The Morgan fingerprint density at radius 2 is 1.88 bits per heavy atom. The van der Waals surface area contributed by atoms with Gasteiger partial charge in [-0.05, 0) is 60.6 Å². The molecule has 1 atom stereocenters. The van der Waals surface area contributed by atoms with Gasteiger partial charge < -0.3 is 15.6 Å². The Kier molecular flexibility index (Phi) is 8.87. The van der Waals surface area contributed by atoms with Gasteiger partial charge in [0.25, 0.3) is 11.8 Å². The van der Waals surface area contributed by atoms with Crippen LogP contribution in [0.4, 0.5) is 4.39 Å². The van der Waals surface area contributed by atoms with Crippen molar-refractivity contribution in [3.63, 3.8) is 0 Å². The molecule has 0 bridgehead atoms. The number of aromatic nitrogens is 3. The number of nitrogens with zero attached hydrogens (tertiary/aromatic N) is 2. The molecule has 0 aliphatic carbocycles.